The van der Waals surface area contributed by atoms with Crippen LogP contribution in [0, 0.1) is 10.1 Å². The van der Waals surface area contributed by atoms with Crippen molar-refractivity contribution in [3.63, 3.8) is 0 Å². The van der Waals surface area contributed by atoms with Crippen LogP contribution in [0.2, 0.25) is 0 Å². The largest absolute Gasteiger partial charge is 0.384 e. The summed E-state index contributed by atoms with van der Waals surface area (Å²) in [5, 5.41) is 14.5. The first-order valence-electron chi connectivity index (χ1n) is 4.22. The summed E-state index contributed by atoms with van der Waals surface area (Å²) in [7, 11) is 0. The van der Waals surface area contributed by atoms with E-state index in [1.807, 2.05) is 5.38 Å². The predicted octanol–water partition coefficient (Wildman–Crippen LogP) is 3.06. The molecule has 5 nitrogen and oxygen atoms in total. The summed E-state index contributed by atoms with van der Waals surface area (Å²) < 4.78 is 0.777. The van der Waals surface area contributed by atoms with Crippen molar-refractivity contribution in [2.75, 3.05) is 5.73 Å². The van der Waals surface area contributed by atoms with Crippen molar-refractivity contribution in [2.24, 2.45) is 0 Å². The van der Waals surface area contributed by atoms with Crippen LogP contribution in [0.5, 0.6) is 0 Å². The van der Waals surface area contributed by atoms with Crippen LogP contribution in [0.3, 0.4) is 0 Å². The maximum absolute atomic E-state index is 10.9. The molecular formula is C9H6BrN3O2S. The highest BCUT2D eigenvalue weighted by atomic mass is 79.9. The number of anilines is 1. The zero-order valence-electron chi connectivity index (χ0n) is 7.88. The van der Waals surface area contributed by atoms with Gasteiger partial charge in [0.05, 0.1) is 4.92 Å². The van der Waals surface area contributed by atoms with E-state index in [1.54, 1.807) is 5.38 Å². The molecule has 0 spiro atoms. The Labute approximate surface area is 103 Å². The molecule has 0 bridgehead atoms. The van der Waals surface area contributed by atoms with E-state index in [9.17, 15) is 10.1 Å². The number of hydrogen-bond donors (Lipinski definition) is 1. The number of thiophene rings is 1. The summed E-state index contributed by atoms with van der Waals surface area (Å²) in [6.07, 6.45) is 0. The van der Waals surface area contributed by atoms with Crippen LogP contribution >= 0.6 is 27.3 Å². The summed E-state index contributed by atoms with van der Waals surface area (Å²) in [4.78, 5) is 14.4. The molecule has 0 unspecified atom stereocenters. The summed E-state index contributed by atoms with van der Waals surface area (Å²) in [5.74, 6) is 0.263. The van der Waals surface area contributed by atoms with Gasteiger partial charge in [0.1, 0.15) is 5.82 Å². The molecule has 2 aromatic heterocycles. The number of nitro groups is 1. The van der Waals surface area contributed by atoms with Gasteiger partial charge in [-0.2, -0.15) is 11.3 Å². The fourth-order valence-corrected chi connectivity index (χ4v) is 2.73. The van der Waals surface area contributed by atoms with E-state index < -0.39 is 4.92 Å². The minimum Gasteiger partial charge on any atom is -0.384 e. The van der Waals surface area contributed by atoms with Crippen molar-refractivity contribution in [2.45, 2.75) is 0 Å². The Kier molecular flexibility index (Phi) is 2.88. The van der Waals surface area contributed by atoms with Crippen LogP contribution in [-0.2, 0) is 0 Å². The van der Waals surface area contributed by atoms with E-state index in [2.05, 4.69) is 20.9 Å². The average Bonchev–Trinajstić information content (AvgIpc) is 2.63. The van der Waals surface area contributed by atoms with Gasteiger partial charge in [-0.1, -0.05) is 0 Å². The zero-order chi connectivity index (χ0) is 11.7. The third kappa shape index (κ3) is 1.91. The second kappa shape index (κ2) is 4.18. The third-order valence-corrected chi connectivity index (χ3v) is 3.66. The maximum atomic E-state index is 10.9. The van der Waals surface area contributed by atoms with Crippen LogP contribution in [0.15, 0.2) is 27.4 Å². The monoisotopic (exact) mass is 299 g/mol. The van der Waals surface area contributed by atoms with Gasteiger partial charge < -0.3 is 5.73 Å². The van der Waals surface area contributed by atoms with Gasteiger partial charge in [0.2, 0.25) is 0 Å². The lowest BCUT2D eigenvalue weighted by Crippen LogP contribution is -1.97. The van der Waals surface area contributed by atoms with Gasteiger partial charge in [-0.05, 0) is 22.0 Å². The molecule has 2 aromatic rings. The van der Waals surface area contributed by atoms with Crippen LogP contribution < -0.4 is 5.73 Å². The van der Waals surface area contributed by atoms with Crippen LogP contribution in [0.4, 0.5) is 11.5 Å². The summed E-state index contributed by atoms with van der Waals surface area (Å²) in [6.45, 7) is 0. The number of nitrogens with zero attached hydrogens (tertiary/aromatic N) is 2. The van der Waals surface area contributed by atoms with E-state index in [1.165, 1.54) is 23.5 Å². The summed E-state index contributed by atoms with van der Waals surface area (Å²) in [5.41, 5.74) is 6.46. The van der Waals surface area contributed by atoms with Gasteiger partial charge in [-0.25, -0.2) is 4.98 Å². The fourth-order valence-electron chi connectivity index (χ4n) is 1.26. The van der Waals surface area contributed by atoms with Gasteiger partial charge in [0, 0.05) is 26.9 Å². The molecule has 16 heavy (non-hydrogen) atoms. The minimum atomic E-state index is -0.466. The van der Waals surface area contributed by atoms with Crippen LogP contribution in [0.1, 0.15) is 0 Å². The topological polar surface area (TPSA) is 82.0 Å². The Hall–Kier alpha value is -1.47. The third-order valence-electron chi connectivity index (χ3n) is 1.96. The Morgan fingerprint density at radius 1 is 1.44 bits per heavy atom. The molecule has 0 saturated heterocycles. The number of aromatic nitrogens is 1. The highest BCUT2D eigenvalue weighted by molar-refractivity contribution is 9.10. The van der Waals surface area contributed by atoms with Crippen molar-refractivity contribution >= 4 is 38.8 Å². The number of nitrogens with two attached hydrogens (primary N) is 1. The smallest absolute Gasteiger partial charge is 0.295 e. The van der Waals surface area contributed by atoms with Crippen molar-refractivity contribution < 1.29 is 4.92 Å². The van der Waals surface area contributed by atoms with E-state index in [0.29, 0.717) is 5.56 Å². The second-order valence-corrected chi connectivity index (χ2v) is 4.59. The lowest BCUT2D eigenvalue weighted by molar-refractivity contribution is -0.384. The Bertz CT molecular complexity index is 555. The molecule has 2 rings (SSSR count). The van der Waals surface area contributed by atoms with Gasteiger partial charge in [0.25, 0.3) is 5.69 Å². The molecule has 0 atom stereocenters. The quantitative estimate of drug-likeness (QED) is 0.682. The molecule has 0 aliphatic heterocycles. The number of halogens is 1. The Balaban J connectivity index is 2.67. The molecule has 0 fully saturated rings. The molecule has 0 aromatic carbocycles. The van der Waals surface area contributed by atoms with Gasteiger partial charge in [-0.15, -0.1) is 0 Å². The van der Waals surface area contributed by atoms with Gasteiger partial charge in [-0.3, -0.25) is 10.1 Å². The molecule has 0 radical (unpaired) electrons. The molecule has 2 N–H and O–H groups in total. The molecule has 82 valence electrons. The van der Waals surface area contributed by atoms with Crippen molar-refractivity contribution in [3.8, 4) is 11.3 Å². The molecule has 0 aliphatic carbocycles. The molecular weight excluding hydrogens is 294 g/mol. The molecule has 0 saturated carbocycles. The lowest BCUT2D eigenvalue weighted by Gasteiger charge is -2.01. The first kappa shape index (κ1) is 11.0. The molecule has 7 heteroatoms. The maximum Gasteiger partial charge on any atom is 0.295 e. The Morgan fingerprint density at radius 2 is 2.19 bits per heavy atom. The van der Waals surface area contributed by atoms with Gasteiger partial charge >= 0.3 is 0 Å². The summed E-state index contributed by atoms with van der Waals surface area (Å²) >= 11 is 4.75. The van der Waals surface area contributed by atoms with E-state index in [4.69, 9.17) is 5.73 Å². The van der Waals surface area contributed by atoms with Crippen molar-refractivity contribution in [3.05, 3.63) is 37.5 Å². The zero-order valence-corrected chi connectivity index (χ0v) is 10.3. The normalized spacial score (nSPS) is 10.3. The second-order valence-electron chi connectivity index (χ2n) is 2.99. The summed E-state index contributed by atoms with van der Waals surface area (Å²) in [6, 6.07) is 2.78. The van der Waals surface area contributed by atoms with E-state index >= 15 is 0 Å². The lowest BCUT2D eigenvalue weighted by atomic mass is 10.2. The standard InChI is InChI=1S/C9H6BrN3O2S/c10-6-4-16-3-5(6)9-7(13(14)15)1-2-8(11)12-9/h1-4H,(H2,11,12). The molecule has 2 heterocycles. The number of nitrogen functional groups attached to an aromatic ring is 1. The number of pyridine rings is 1. The predicted molar refractivity (Wildman–Crippen MR) is 66.3 cm³/mol. The Morgan fingerprint density at radius 3 is 2.75 bits per heavy atom. The number of hydrogen-bond acceptors (Lipinski definition) is 5. The SMILES string of the molecule is Nc1ccc([N+](=O)[O-])c(-c2cscc2Br)n1. The van der Waals surface area contributed by atoms with Crippen LogP contribution in [0.25, 0.3) is 11.3 Å². The molecule has 0 amide bonds. The highest BCUT2D eigenvalue weighted by Crippen LogP contribution is 2.36. The van der Waals surface area contributed by atoms with Gasteiger partial charge in [0.15, 0.2) is 5.69 Å². The van der Waals surface area contributed by atoms with E-state index in [-0.39, 0.29) is 17.2 Å². The average molecular weight is 300 g/mol. The first-order valence-corrected chi connectivity index (χ1v) is 5.96. The van der Waals surface area contributed by atoms with Crippen molar-refractivity contribution in [1.29, 1.82) is 0 Å². The van der Waals surface area contributed by atoms with E-state index in [0.717, 1.165) is 4.47 Å². The highest BCUT2D eigenvalue weighted by Gasteiger charge is 2.19. The minimum absolute atomic E-state index is 0.0479. The number of rotatable bonds is 2. The van der Waals surface area contributed by atoms with Crippen LogP contribution in [-0.4, -0.2) is 9.91 Å². The van der Waals surface area contributed by atoms with Crippen molar-refractivity contribution in [1.82, 2.24) is 4.98 Å². The fraction of sp³-hybridized carbons (Fsp3) is 0. The molecule has 0 aliphatic rings. The first-order chi connectivity index (χ1) is 7.59.